The molecular weight excluding hydrogens is 394 g/mol. The Morgan fingerprint density at radius 3 is 2.55 bits per heavy atom. The maximum absolute atomic E-state index is 14.1. The normalized spacial score (nSPS) is 11.3. The summed E-state index contributed by atoms with van der Waals surface area (Å²) in [4.78, 5) is 29.1. The number of rotatable bonds is 7. The molecule has 1 N–H and O–H groups in total. The summed E-state index contributed by atoms with van der Waals surface area (Å²) in [5, 5.41) is 2.99. The number of carbonyl (C=O) groups is 2. The number of aldehydes is 1. The Hall–Kier alpha value is -3.27. The van der Waals surface area contributed by atoms with Gasteiger partial charge in [0.25, 0.3) is 0 Å². The summed E-state index contributed by atoms with van der Waals surface area (Å²) in [5.41, 5.74) is -0.761. The number of halogens is 4. The van der Waals surface area contributed by atoms with Gasteiger partial charge in [0.1, 0.15) is 5.52 Å². The quantitative estimate of drug-likeness (QED) is 0.161. The van der Waals surface area contributed by atoms with E-state index in [2.05, 4.69) is 10.3 Å². The Bertz CT molecular complexity index is 1110. The number of likely N-dealkylation sites (N-methyl/N-ethyl adjacent to an activating group) is 1. The molecule has 0 saturated heterocycles. The molecular formula is C19H15F4N3O3. The van der Waals surface area contributed by atoms with Gasteiger partial charge in [0.05, 0.1) is 11.1 Å². The number of carbonyl (C=O) groups excluding carboxylic acids is 2. The Kier molecular flexibility index (Phi) is 5.64. The molecule has 1 heterocycles. The third-order valence-corrected chi connectivity index (χ3v) is 4.12. The van der Waals surface area contributed by atoms with E-state index in [1.165, 1.54) is 12.1 Å². The molecule has 2 aromatic carbocycles. The Morgan fingerprint density at radius 1 is 1.17 bits per heavy atom. The highest BCUT2D eigenvalue weighted by molar-refractivity contribution is 6.37. The van der Waals surface area contributed by atoms with Crippen molar-refractivity contribution in [1.82, 2.24) is 9.88 Å². The maximum atomic E-state index is 14.1. The van der Waals surface area contributed by atoms with Crippen LogP contribution in [0.3, 0.4) is 0 Å². The van der Waals surface area contributed by atoms with Gasteiger partial charge in [0.2, 0.25) is 11.7 Å². The lowest BCUT2D eigenvalue weighted by Crippen LogP contribution is -2.21. The molecule has 10 heteroatoms. The molecule has 0 aliphatic rings. The van der Waals surface area contributed by atoms with Crippen LogP contribution in [0.5, 0.6) is 0 Å². The predicted octanol–water partition coefficient (Wildman–Crippen LogP) is 3.41. The first-order valence-corrected chi connectivity index (χ1v) is 8.39. The van der Waals surface area contributed by atoms with Crippen molar-refractivity contribution in [3.8, 4) is 11.5 Å². The number of Topliss-reactive ketones (excluding diaryl/α,β-unsaturated/α-hetero) is 1. The van der Waals surface area contributed by atoms with E-state index in [1.54, 1.807) is 0 Å². The fourth-order valence-electron chi connectivity index (χ4n) is 2.70. The third kappa shape index (κ3) is 3.83. The average Bonchev–Trinajstić information content (AvgIpc) is 3.11. The van der Waals surface area contributed by atoms with Crippen molar-refractivity contribution in [2.45, 2.75) is 0 Å². The molecule has 1 aromatic heterocycles. The number of nitrogens with one attached hydrogen (secondary N) is 1. The van der Waals surface area contributed by atoms with Gasteiger partial charge in [-0.25, -0.2) is 22.5 Å². The molecule has 3 aromatic rings. The van der Waals surface area contributed by atoms with Crippen LogP contribution in [0, 0.1) is 23.3 Å². The number of benzene rings is 2. The van der Waals surface area contributed by atoms with E-state index in [1.807, 2.05) is 19.0 Å². The van der Waals surface area contributed by atoms with E-state index in [0.717, 1.165) is 0 Å². The van der Waals surface area contributed by atoms with Crippen LogP contribution >= 0.6 is 0 Å². The van der Waals surface area contributed by atoms with Crippen molar-refractivity contribution in [3.05, 3.63) is 47.0 Å². The van der Waals surface area contributed by atoms with Gasteiger partial charge in [-0.3, -0.25) is 9.59 Å². The second kappa shape index (κ2) is 8.00. The third-order valence-electron chi connectivity index (χ3n) is 4.12. The van der Waals surface area contributed by atoms with Crippen molar-refractivity contribution < 1.29 is 31.6 Å². The zero-order valence-corrected chi connectivity index (χ0v) is 15.4. The highest BCUT2D eigenvalue weighted by atomic mass is 19.2. The molecule has 0 unspecified atom stereocenters. The van der Waals surface area contributed by atoms with Crippen LogP contribution in [0.15, 0.2) is 22.6 Å². The zero-order chi connectivity index (χ0) is 21.3. The topological polar surface area (TPSA) is 75.4 Å². The summed E-state index contributed by atoms with van der Waals surface area (Å²) in [6.07, 6.45) is 0.0753. The number of hydrogen-bond acceptors (Lipinski definition) is 6. The lowest BCUT2D eigenvalue weighted by atomic mass is 10.1. The number of aromatic nitrogens is 1. The first kappa shape index (κ1) is 20.5. The van der Waals surface area contributed by atoms with E-state index in [9.17, 15) is 27.2 Å². The summed E-state index contributed by atoms with van der Waals surface area (Å²) < 4.78 is 59.7. The number of hydrogen-bond donors (Lipinski definition) is 1. The minimum absolute atomic E-state index is 0.0490. The van der Waals surface area contributed by atoms with Crippen LogP contribution in [0.1, 0.15) is 10.4 Å². The number of anilines is 1. The van der Waals surface area contributed by atoms with Gasteiger partial charge < -0.3 is 14.6 Å². The van der Waals surface area contributed by atoms with Crippen molar-refractivity contribution in [3.63, 3.8) is 0 Å². The lowest BCUT2D eigenvalue weighted by molar-refractivity contribution is -0.104. The maximum Gasteiger partial charge on any atom is 0.231 e. The van der Waals surface area contributed by atoms with E-state index < -0.39 is 40.5 Å². The summed E-state index contributed by atoms with van der Waals surface area (Å²) in [7, 11) is 3.70. The van der Waals surface area contributed by atoms with Crippen LogP contribution in [-0.4, -0.2) is 49.1 Å². The van der Waals surface area contributed by atoms with Crippen LogP contribution in [-0.2, 0) is 4.79 Å². The Labute approximate surface area is 162 Å². The smallest absolute Gasteiger partial charge is 0.231 e. The van der Waals surface area contributed by atoms with Gasteiger partial charge in [-0.1, -0.05) is 0 Å². The summed E-state index contributed by atoms with van der Waals surface area (Å²) in [6, 6.07) is 3.30. The number of fused-ring (bicyclic) bond motifs is 1. The molecule has 6 nitrogen and oxygen atoms in total. The van der Waals surface area contributed by atoms with Crippen LogP contribution < -0.4 is 5.32 Å². The molecule has 0 aliphatic carbocycles. The van der Waals surface area contributed by atoms with Gasteiger partial charge in [-0.2, -0.15) is 0 Å². The van der Waals surface area contributed by atoms with Gasteiger partial charge in [0, 0.05) is 18.8 Å². The molecule has 0 bridgehead atoms. The summed E-state index contributed by atoms with van der Waals surface area (Å²) >= 11 is 0. The average molecular weight is 409 g/mol. The summed E-state index contributed by atoms with van der Waals surface area (Å²) in [6.45, 7) is 1.05. The first-order valence-electron chi connectivity index (χ1n) is 8.39. The van der Waals surface area contributed by atoms with Gasteiger partial charge in [0.15, 0.2) is 35.1 Å². The molecule has 0 fully saturated rings. The molecule has 152 valence electrons. The van der Waals surface area contributed by atoms with Crippen LogP contribution in [0.2, 0.25) is 0 Å². The van der Waals surface area contributed by atoms with Crippen LogP contribution in [0.4, 0.5) is 23.2 Å². The number of ketones is 1. The second-order valence-corrected chi connectivity index (χ2v) is 6.42. The van der Waals surface area contributed by atoms with E-state index in [0.29, 0.717) is 19.2 Å². The van der Waals surface area contributed by atoms with E-state index >= 15 is 0 Å². The van der Waals surface area contributed by atoms with E-state index in [-0.39, 0.29) is 28.6 Å². The number of nitrogens with zero attached hydrogens (tertiary/aromatic N) is 2. The Morgan fingerprint density at radius 2 is 1.90 bits per heavy atom. The van der Waals surface area contributed by atoms with Crippen molar-refractivity contribution in [2.24, 2.45) is 0 Å². The molecule has 0 saturated carbocycles. The minimum atomic E-state index is -2.02. The van der Waals surface area contributed by atoms with Crippen molar-refractivity contribution in [1.29, 1.82) is 0 Å². The second-order valence-electron chi connectivity index (χ2n) is 6.42. The zero-order valence-electron chi connectivity index (χ0n) is 15.4. The molecule has 0 amide bonds. The fraction of sp³-hybridized carbons (Fsp3) is 0.211. The van der Waals surface area contributed by atoms with E-state index in [4.69, 9.17) is 4.42 Å². The molecule has 0 radical (unpaired) electrons. The highest BCUT2D eigenvalue weighted by Gasteiger charge is 2.25. The molecule has 29 heavy (non-hydrogen) atoms. The molecule has 0 atom stereocenters. The first-order chi connectivity index (χ1) is 13.7. The molecule has 0 spiro atoms. The highest BCUT2D eigenvalue weighted by Crippen LogP contribution is 2.33. The SMILES string of the molecule is CN(C)CCNc1ccc2nc(-c3cc(F)c(F)c(F)c3F)oc2c1C(=O)C=O. The van der Waals surface area contributed by atoms with Gasteiger partial charge in [-0.15, -0.1) is 0 Å². The number of oxazole rings is 1. The van der Waals surface area contributed by atoms with Crippen LogP contribution in [0.25, 0.3) is 22.6 Å². The minimum Gasteiger partial charge on any atom is -0.435 e. The predicted molar refractivity (Wildman–Crippen MR) is 96.7 cm³/mol. The largest absolute Gasteiger partial charge is 0.435 e. The van der Waals surface area contributed by atoms with Crippen molar-refractivity contribution >= 4 is 28.9 Å². The molecule has 3 rings (SSSR count). The lowest BCUT2D eigenvalue weighted by Gasteiger charge is -2.13. The van der Waals surface area contributed by atoms with Gasteiger partial charge >= 0.3 is 0 Å². The van der Waals surface area contributed by atoms with Gasteiger partial charge in [-0.05, 0) is 32.3 Å². The van der Waals surface area contributed by atoms with Crippen molar-refractivity contribution in [2.75, 3.05) is 32.5 Å². The Balaban J connectivity index is 2.15. The monoisotopic (exact) mass is 409 g/mol. The molecule has 0 aliphatic heterocycles. The standard InChI is InChI=1S/C19H15F4N3O3/c1-26(2)6-5-24-11-3-4-12-18(14(11)13(28)8-27)29-19(25-12)9-7-10(20)16(22)17(23)15(9)21/h3-4,7-8,24H,5-6H2,1-2H3. The summed E-state index contributed by atoms with van der Waals surface area (Å²) in [5.74, 6) is -8.80. The fourth-order valence-corrected chi connectivity index (χ4v) is 2.70.